The zero-order chi connectivity index (χ0) is 21.4. The van der Waals surface area contributed by atoms with Gasteiger partial charge in [-0.3, -0.25) is 0 Å². The molecule has 1 aliphatic rings. The second kappa shape index (κ2) is 10.4. The quantitative estimate of drug-likeness (QED) is 0.659. The number of dihydropyridines is 1. The van der Waals surface area contributed by atoms with E-state index in [2.05, 4.69) is 5.32 Å². The molecular formula is C21H27NO7. The molecule has 1 aromatic rings. The standard InChI is InChI=1S/C21H27NO7/c1-6-15-19(29-21(24)27-8-3)17(14-11-9-10-12-16(14)25-5)18(13(4)22-15)28-20(23)26-7-2/h9-12,17,22H,6-8H2,1-5H3. The fourth-order valence-electron chi connectivity index (χ4n) is 3.04. The number of carbonyl (C=O) groups is 2. The number of benzene rings is 1. The molecule has 1 N–H and O–H groups in total. The fourth-order valence-corrected chi connectivity index (χ4v) is 3.04. The second-order valence-corrected chi connectivity index (χ2v) is 6.06. The summed E-state index contributed by atoms with van der Waals surface area (Å²) < 4.78 is 26.5. The fraction of sp³-hybridized carbons (Fsp3) is 0.429. The van der Waals surface area contributed by atoms with Crippen LogP contribution in [0.15, 0.2) is 47.2 Å². The summed E-state index contributed by atoms with van der Waals surface area (Å²) in [5, 5.41) is 3.15. The zero-order valence-electron chi connectivity index (χ0n) is 17.4. The van der Waals surface area contributed by atoms with Crippen molar-refractivity contribution in [3.63, 3.8) is 0 Å². The van der Waals surface area contributed by atoms with Crippen LogP contribution >= 0.6 is 0 Å². The van der Waals surface area contributed by atoms with Crippen LogP contribution in [0.4, 0.5) is 9.59 Å². The molecule has 1 aromatic carbocycles. The number of rotatable bonds is 7. The smallest absolute Gasteiger partial charge is 0.496 e. The van der Waals surface area contributed by atoms with Crippen molar-refractivity contribution in [2.45, 2.75) is 40.0 Å². The van der Waals surface area contributed by atoms with E-state index >= 15 is 0 Å². The minimum absolute atomic E-state index is 0.167. The number of hydrogen-bond donors (Lipinski definition) is 1. The van der Waals surface area contributed by atoms with Crippen LogP contribution in [0.3, 0.4) is 0 Å². The number of allylic oxidation sites excluding steroid dienone is 2. The van der Waals surface area contributed by atoms with Crippen LogP contribution in [-0.4, -0.2) is 32.6 Å². The van der Waals surface area contributed by atoms with Gasteiger partial charge < -0.3 is 29.0 Å². The van der Waals surface area contributed by atoms with Crippen molar-refractivity contribution in [1.82, 2.24) is 5.32 Å². The lowest BCUT2D eigenvalue weighted by molar-refractivity contribution is 0.0644. The summed E-state index contributed by atoms with van der Waals surface area (Å²) in [6, 6.07) is 7.24. The van der Waals surface area contributed by atoms with Gasteiger partial charge in [0.2, 0.25) is 0 Å². The molecule has 0 aliphatic carbocycles. The van der Waals surface area contributed by atoms with Crippen LogP contribution in [0.5, 0.6) is 5.75 Å². The highest BCUT2D eigenvalue weighted by Gasteiger charge is 2.37. The third kappa shape index (κ3) is 5.22. The summed E-state index contributed by atoms with van der Waals surface area (Å²) in [4.78, 5) is 24.2. The summed E-state index contributed by atoms with van der Waals surface area (Å²) in [7, 11) is 1.54. The minimum Gasteiger partial charge on any atom is -0.496 e. The predicted octanol–water partition coefficient (Wildman–Crippen LogP) is 4.58. The number of methoxy groups -OCH3 is 1. The lowest BCUT2D eigenvalue weighted by Gasteiger charge is -2.31. The van der Waals surface area contributed by atoms with E-state index < -0.39 is 18.2 Å². The van der Waals surface area contributed by atoms with Crippen LogP contribution in [-0.2, 0) is 18.9 Å². The first-order chi connectivity index (χ1) is 14.0. The third-order valence-corrected chi connectivity index (χ3v) is 4.24. The monoisotopic (exact) mass is 405 g/mol. The van der Waals surface area contributed by atoms with Crippen molar-refractivity contribution < 1.29 is 33.3 Å². The molecule has 0 saturated heterocycles. The third-order valence-electron chi connectivity index (χ3n) is 4.24. The van der Waals surface area contributed by atoms with Crippen LogP contribution in [0, 0.1) is 0 Å². The maximum Gasteiger partial charge on any atom is 0.513 e. The Bertz CT molecular complexity index is 813. The number of hydrogen-bond acceptors (Lipinski definition) is 8. The molecule has 8 heteroatoms. The molecule has 1 unspecified atom stereocenters. The van der Waals surface area contributed by atoms with Crippen molar-refractivity contribution >= 4 is 12.3 Å². The largest absolute Gasteiger partial charge is 0.513 e. The molecule has 8 nitrogen and oxygen atoms in total. The highest BCUT2D eigenvalue weighted by Crippen LogP contribution is 2.43. The van der Waals surface area contributed by atoms with Crippen LogP contribution in [0.2, 0.25) is 0 Å². The molecule has 0 amide bonds. The van der Waals surface area contributed by atoms with E-state index in [9.17, 15) is 9.59 Å². The van der Waals surface area contributed by atoms with E-state index in [0.717, 1.165) is 0 Å². The first-order valence-electron chi connectivity index (χ1n) is 9.49. The molecule has 29 heavy (non-hydrogen) atoms. The van der Waals surface area contributed by atoms with E-state index in [-0.39, 0.29) is 24.7 Å². The van der Waals surface area contributed by atoms with Gasteiger partial charge in [0.25, 0.3) is 0 Å². The average molecular weight is 405 g/mol. The van der Waals surface area contributed by atoms with E-state index in [1.807, 2.05) is 25.1 Å². The Hall–Kier alpha value is -3.16. The van der Waals surface area contributed by atoms with Crippen molar-refractivity contribution in [3.05, 3.63) is 52.7 Å². The molecule has 0 aromatic heterocycles. The van der Waals surface area contributed by atoms with E-state index in [4.69, 9.17) is 23.7 Å². The van der Waals surface area contributed by atoms with Crippen LogP contribution in [0.1, 0.15) is 45.6 Å². The summed E-state index contributed by atoms with van der Waals surface area (Å²) in [6.45, 7) is 7.40. The predicted molar refractivity (Wildman–Crippen MR) is 105 cm³/mol. The van der Waals surface area contributed by atoms with Crippen LogP contribution < -0.4 is 10.1 Å². The SMILES string of the molecule is CCOC(=O)OC1=C(C)NC(CC)=C(OC(=O)OCC)C1c1ccccc1OC. The van der Waals surface area contributed by atoms with Gasteiger partial charge in [-0.1, -0.05) is 25.1 Å². The highest BCUT2D eigenvalue weighted by atomic mass is 16.7. The first-order valence-corrected chi connectivity index (χ1v) is 9.49. The molecule has 0 spiro atoms. The van der Waals surface area contributed by atoms with Crippen molar-refractivity contribution in [3.8, 4) is 5.75 Å². The van der Waals surface area contributed by atoms with Gasteiger partial charge in [0.1, 0.15) is 23.2 Å². The molecular weight excluding hydrogens is 378 g/mol. The Balaban J connectivity index is 2.60. The van der Waals surface area contributed by atoms with Gasteiger partial charge in [-0.25, -0.2) is 9.59 Å². The van der Waals surface area contributed by atoms with Gasteiger partial charge >= 0.3 is 12.3 Å². The number of nitrogens with one attached hydrogen (secondary N) is 1. The Labute approximate surface area is 170 Å². The van der Waals surface area contributed by atoms with Gasteiger partial charge in [-0.05, 0) is 33.3 Å². The number of para-hydroxylation sites is 1. The summed E-state index contributed by atoms with van der Waals surface area (Å²) in [5.74, 6) is 0.374. The summed E-state index contributed by atoms with van der Waals surface area (Å²) >= 11 is 0. The van der Waals surface area contributed by atoms with Crippen molar-refractivity contribution in [2.75, 3.05) is 20.3 Å². The lowest BCUT2D eigenvalue weighted by Crippen LogP contribution is -2.30. The molecule has 0 bridgehead atoms. The van der Waals surface area contributed by atoms with E-state index in [0.29, 0.717) is 29.1 Å². The molecule has 0 fully saturated rings. The average Bonchev–Trinajstić information content (AvgIpc) is 2.70. The molecule has 2 rings (SSSR count). The Morgan fingerprint density at radius 2 is 1.55 bits per heavy atom. The Morgan fingerprint density at radius 1 is 0.966 bits per heavy atom. The van der Waals surface area contributed by atoms with Gasteiger partial charge in [-0.2, -0.15) is 0 Å². The molecule has 1 atom stereocenters. The Morgan fingerprint density at radius 3 is 2.10 bits per heavy atom. The lowest BCUT2D eigenvalue weighted by atomic mass is 9.89. The second-order valence-electron chi connectivity index (χ2n) is 6.06. The van der Waals surface area contributed by atoms with Gasteiger partial charge in [0, 0.05) is 5.56 Å². The maximum atomic E-state index is 12.1. The number of carbonyl (C=O) groups excluding carboxylic acids is 2. The molecule has 0 saturated carbocycles. The van der Waals surface area contributed by atoms with Crippen LogP contribution in [0.25, 0.3) is 0 Å². The first kappa shape index (κ1) is 22.1. The topological polar surface area (TPSA) is 92.3 Å². The van der Waals surface area contributed by atoms with Gasteiger partial charge in [0.15, 0.2) is 0 Å². The van der Waals surface area contributed by atoms with Crippen molar-refractivity contribution in [2.24, 2.45) is 0 Å². The highest BCUT2D eigenvalue weighted by molar-refractivity contribution is 5.65. The molecule has 1 heterocycles. The zero-order valence-corrected chi connectivity index (χ0v) is 17.4. The normalized spacial score (nSPS) is 16.1. The molecule has 0 radical (unpaired) electrons. The van der Waals surface area contributed by atoms with Crippen molar-refractivity contribution in [1.29, 1.82) is 0 Å². The van der Waals surface area contributed by atoms with Gasteiger partial charge in [-0.15, -0.1) is 0 Å². The molecule has 158 valence electrons. The Kier molecular flexibility index (Phi) is 7.94. The van der Waals surface area contributed by atoms with Gasteiger partial charge in [0.05, 0.1) is 31.7 Å². The maximum absolute atomic E-state index is 12.1. The summed E-state index contributed by atoms with van der Waals surface area (Å²) in [5.41, 5.74) is 1.94. The summed E-state index contributed by atoms with van der Waals surface area (Å²) in [6.07, 6.45) is -1.14. The minimum atomic E-state index is -0.848. The van der Waals surface area contributed by atoms with E-state index in [1.54, 1.807) is 33.9 Å². The molecule has 1 aliphatic heterocycles. The van der Waals surface area contributed by atoms with E-state index in [1.165, 1.54) is 0 Å². The number of ether oxygens (including phenoxy) is 5.